The SMILES string of the molecule is Cc1nn(CC(=O)N[C@H](C)c2ccc(Cl)cc2)c(C)c1S(=O)(=O)N(C)C. The van der Waals surface area contributed by atoms with E-state index in [9.17, 15) is 13.2 Å². The second-order valence-electron chi connectivity index (χ2n) is 6.29. The molecule has 1 atom stereocenters. The number of hydrogen-bond acceptors (Lipinski definition) is 4. The molecule has 7 nitrogen and oxygen atoms in total. The number of amides is 1. The first-order valence-electron chi connectivity index (χ1n) is 8.05. The van der Waals surface area contributed by atoms with Crippen molar-refractivity contribution in [1.82, 2.24) is 19.4 Å². The number of hydrogen-bond donors (Lipinski definition) is 1. The fourth-order valence-electron chi connectivity index (χ4n) is 2.65. The van der Waals surface area contributed by atoms with Crippen LogP contribution in [-0.2, 0) is 21.4 Å². The van der Waals surface area contributed by atoms with Crippen LogP contribution in [0.15, 0.2) is 29.2 Å². The van der Waals surface area contributed by atoms with Crippen LogP contribution in [0.1, 0.15) is 29.9 Å². The summed E-state index contributed by atoms with van der Waals surface area (Å²) in [6, 6.07) is 7.01. The van der Waals surface area contributed by atoms with Gasteiger partial charge in [0, 0.05) is 19.1 Å². The number of aromatic nitrogens is 2. The molecule has 2 rings (SSSR count). The Morgan fingerprint density at radius 2 is 1.85 bits per heavy atom. The van der Waals surface area contributed by atoms with Gasteiger partial charge in [0.1, 0.15) is 11.4 Å². The number of benzene rings is 1. The van der Waals surface area contributed by atoms with Gasteiger partial charge >= 0.3 is 0 Å². The van der Waals surface area contributed by atoms with E-state index in [1.54, 1.807) is 26.0 Å². The van der Waals surface area contributed by atoms with Crippen molar-refractivity contribution >= 4 is 27.5 Å². The highest BCUT2D eigenvalue weighted by Crippen LogP contribution is 2.22. The van der Waals surface area contributed by atoms with Gasteiger partial charge in [0.05, 0.1) is 17.4 Å². The normalized spacial score (nSPS) is 13.0. The fraction of sp³-hybridized carbons (Fsp3) is 0.412. The van der Waals surface area contributed by atoms with E-state index in [4.69, 9.17) is 11.6 Å². The zero-order chi connectivity index (χ0) is 19.6. The lowest BCUT2D eigenvalue weighted by Crippen LogP contribution is -2.31. The molecule has 0 unspecified atom stereocenters. The van der Waals surface area contributed by atoms with E-state index in [1.807, 2.05) is 19.1 Å². The number of nitrogens with one attached hydrogen (secondary N) is 1. The van der Waals surface area contributed by atoms with Crippen LogP contribution in [0.5, 0.6) is 0 Å². The summed E-state index contributed by atoms with van der Waals surface area (Å²) >= 11 is 5.87. The molecule has 1 amide bonds. The van der Waals surface area contributed by atoms with Crippen LogP contribution in [0.4, 0.5) is 0 Å². The molecule has 1 heterocycles. The average Bonchev–Trinajstić information content (AvgIpc) is 2.81. The number of halogens is 1. The maximum Gasteiger partial charge on any atom is 0.246 e. The Kier molecular flexibility index (Phi) is 6.10. The number of carbonyl (C=O) groups is 1. The van der Waals surface area contributed by atoms with Crippen LogP contribution in [0.3, 0.4) is 0 Å². The Morgan fingerprint density at radius 3 is 2.38 bits per heavy atom. The molecule has 0 aliphatic heterocycles. The highest BCUT2D eigenvalue weighted by atomic mass is 35.5. The molecule has 0 saturated heterocycles. The molecule has 1 aromatic heterocycles. The summed E-state index contributed by atoms with van der Waals surface area (Å²) < 4.78 is 27.4. The Morgan fingerprint density at radius 1 is 1.27 bits per heavy atom. The predicted octanol–water partition coefficient (Wildman–Crippen LogP) is 2.28. The topological polar surface area (TPSA) is 84.3 Å². The van der Waals surface area contributed by atoms with Crippen LogP contribution < -0.4 is 5.32 Å². The summed E-state index contributed by atoms with van der Waals surface area (Å²) in [6.45, 7) is 5.07. The zero-order valence-corrected chi connectivity index (χ0v) is 17.0. The van der Waals surface area contributed by atoms with Crippen molar-refractivity contribution in [3.8, 4) is 0 Å². The van der Waals surface area contributed by atoms with Gasteiger partial charge < -0.3 is 5.32 Å². The molecule has 9 heteroatoms. The molecule has 26 heavy (non-hydrogen) atoms. The molecule has 2 aromatic rings. The number of aryl methyl sites for hydroxylation is 1. The third-order valence-corrected chi connectivity index (χ3v) is 6.41. The maximum atomic E-state index is 12.4. The Hall–Kier alpha value is -1.90. The lowest BCUT2D eigenvalue weighted by molar-refractivity contribution is -0.122. The lowest BCUT2D eigenvalue weighted by Gasteiger charge is -2.15. The van der Waals surface area contributed by atoms with Crippen molar-refractivity contribution in [3.63, 3.8) is 0 Å². The molecule has 0 spiro atoms. The number of nitrogens with zero attached hydrogens (tertiary/aromatic N) is 3. The lowest BCUT2D eigenvalue weighted by atomic mass is 10.1. The Bertz CT molecular complexity index is 905. The predicted molar refractivity (Wildman–Crippen MR) is 101 cm³/mol. The molecule has 0 radical (unpaired) electrons. The van der Waals surface area contributed by atoms with E-state index < -0.39 is 10.0 Å². The van der Waals surface area contributed by atoms with Gasteiger partial charge in [0.25, 0.3) is 0 Å². The highest BCUT2D eigenvalue weighted by molar-refractivity contribution is 7.89. The summed E-state index contributed by atoms with van der Waals surface area (Å²) in [7, 11) is -0.689. The highest BCUT2D eigenvalue weighted by Gasteiger charge is 2.27. The molecular formula is C17H23ClN4O3S. The van der Waals surface area contributed by atoms with Gasteiger partial charge in [0.2, 0.25) is 15.9 Å². The van der Waals surface area contributed by atoms with Crippen molar-refractivity contribution in [3.05, 3.63) is 46.2 Å². The standard InChI is InChI=1S/C17H23ClN4O3S/c1-11(14-6-8-15(18)9-7-14)19-16(23)10-22-13(3)17(12(2)20-22)26(24,25)21(4)5/h6-9,11H,10H2,1-5H3,(H,19,23)/t11-/m1/s1. The zero-order valence-electron chi connectivity index (χ0n) is 15.4. The van der Waals surface area contributed by atoms with Crippen LogP contribution in [0, 0.1) is 13.8 Å². The molecular weight excluding hydrogens is 376 g/mol. The molecule has 0 aliphatic rings. The third-order valence-electron chi connectivity index (χ3n) is 4.09. The van der Waals surface area contributed by atoms with E-state index in [1.165, 1.54) is 18.8 Å². The number of sulfonamides is 1. The molecule has 0 aliphatic carbocycles. The first kappa shape index (κ1) is 20.4. The second kappa shape index (κ2) is 7.77. The van der Waals surface area contributed by atoms with Gasteiger partial charge in [-0.25, -0.2) is 12.7 Å². The first-order chi connectivity index (χ1) is 12.0. The molecule has 0 fully saturated rings. The monoisotopic (exact) mass is 398 g/mol. The van der Waals surface area contributed by atoms with Crippen molar-refractivity contribution in [2.75, 3.05) is 14.1 Å². The van der Waals surface area contributed by atoms with Crippen molar-refractivity contribution in [2.24, 2.45) is 0 Å². The van der Waals surface area contributed by atoms with Gasteiger partial charge in [0.15, 0.2) is 0 Å². The van der Waals surface area contributed by atoms with Crippen LogP contribution >= 0.6 is 11.6 Å². The second-order valence-corrected chi connectivity index (χ2v) is 8.81. The summed E-state index contributed by atoms with van der Waals surface area (Å²) in [5.74, 6) is -0.258. The molecule has 1 N–H and O–H groups in total. The quantitative estimate of drug-likeness (QED) is 0.809. The minimum Gasteiger partial charge on any atom is -0.348 e. The van der Waals surface area contributed by atoms with Crippen LogP contribution in [0.25, 0.3) is 0 Å². The van der Waals surface area contributed by atoms with Crippen molar-refractivity contribution in [1.29, 1.82) is 0 Å². The summed E-state index contributed by atoms with van der Waals surface area (Å²) in [6.07, 6.45) is 0. The van der Waals surface area contributed by atoms with E-state index in [0.717, 1.165) is 9.87 Å². The van der Waals surface area contributed by atoms with Crippen molar-refractivity contribution in [2.45, 2.75) is 38.3 Å². The van der Waals surface area contributed by atoms with E-state index in [-0.39, 0.29) is 23.4 Å². The minimum atomic E-state index is -3.62. The fourth-order valence-corrected chi connectivity index (χ4v) is 4.03. The molecule has 0 saturated carbocycles. The Labute approximate surface area is 159 Å². The van der Waals surface area contributed by atoms with Gasteiger partial charge in [-0.1, -0.05) is 23.7 Å². The summed E-state index contributed by atoms with van der Waals surface area (Å²) in [5, 5.41) is 7.73. The maximum absolute atomic E-state index is 12.4. The van der Waals surface area contributed by atoms with Gasteiger partial charge in [-0.3, -0.25) is 9.48 Å². The summed E-state index contributed by atoms with van der Waals surface area (Å²) in [4.78, 5) is 12.5. The number of rotatable bonds is 6. The van der Waals surface area contributed by atoms with E-state index in [0.29, 0.717) is 16.4 Å². The smallest absolute Gasteiger partial charge is 0.246 e. The van der Waals surface area contributed by atoms with Gasteiger partial charge in [-0.2, -0.15) is 5.10 Å². The first-order valence-corrected chi connectivity index (χ1v) is 9.87. The molecule has 1 aromatic carbocycles. The van der Waals surface area contributed by atoms with Crippen molar-refractivity contribution < 1.29 is 13.2 Å². The van der Waals surface area contributed by atoms with Gasteiger partial charge in [-0.15, -0.1) is 0 Å². The average molecular weight is 399 g/mol. The minimum absolute atomic E-state index is 0.0620. The Balaban J connectivity index is 2.16. The van der Waals surface area contributed by atoms with E-state index in [2.05, 4.69) is 10.4 Å². The molecule has 142 valence electrons. The van der Waals surface area contributed by atoms with Crippen LogP contribution in [0.2, 0.25) is 5.02 Å². The molecule has 0 bridgehead atoms. The third kappa shape index (κ3) is 4.25. The van der Waals surface area contributed by atoms with Crippen LogP contribution in [-0.4, -0.2) is 42.5 Å². The van der Waals surface area contributed by atoms with E-state index >= 15 is 0 Å². The number of carbonyl (C=O) groups excluding carboxylic acids is 1. The largest absolute Gasteiger partial charge is 0.348 e. The summed E-state index contributed by atoms with van der Waals surface area (Å²) in [5.41, 5.74) is 1.73. The van der Waals surface area contributed by atoms with Gasteiger partial charge in [-0.05, 0) is 38.5 Å².